The quantitative estimate of drug-likeness (QED) is 0.699. The zero-order valence-corrected chi connectivity index (χ0v) is 11.3. The van der Waals surface area contributed by atoms with Crippen LogP contribution in [0.4, 0.5) is 0 Å². The first-order chi connectivity index (χ1) is 7.34. The van der Waals surface area contributed by atoms with Crippen molar-refractivity contribution in [1.29, 1.82) is 0 Å². The number of hydrogen-bond donors (Lipinski definition) is 1. The van der Waals surface area contributed by atoms with Gasteiger partial charge in [0.1, 0.15) is 0 Å². The SMILES string of the molecule is CSCCCCCNCc1sccc1C. The molecule has 0 unspecified atom stereocenters. The molecule has 1 aromatic heterocycles. The molecule has 86 valence electrons. The van der Waals surface area contributed by atoms with Crippen LogP contribution < -0.4 is 5.32 Å². The van der Waals surface area contributed by atoms with Gasteiger partial charge in [-0.3, -0.25) is 0 Å². The van der Waals surface area contributed by atoms with Gasteiger partial charge in [0.15, 0.2) is 0 Å². The minimum atomic E-state index is 1.05. The second kappa shape index (κ2) is 8.20. The molecule has 1 N–H and O–H groups in total. The van der Waals surface area contributed by atoms with Crippen LogP contribution in [0.25, 0.3) is 0 Å². The van der Waals surface area contributed by atoms with Gasteiger partial charge in [-0.1, -0.05) is 6.42 Å². The number of thiophene rings is 1. The molecule has 0 saturated carbocycles. The summed E-state index contributed by atoms with van der Waals surface area (Å²) < 4.78 is 0. The molecule has 0 aromatic carbocycles. The van der Waals surface area contributed by atoms with Crippen molar-refractivity contribution in [3.8, 4) is 0 Å². The Hall–Kier alpha value is 0.0100. The summed E-state index contributed by atoms with van der Waals surface area (Å²) in [6, 6.07) is 2.19. The molecular weight excluding hydrogens is 222 g/mol. The standard InChI is InChI=1S/C12H21NS2/c1-11-6-9-15-12(11)10-13-7-4-3-5-8-14-2/h6,9,13H,3-5,7-8,10H2,1-2H3. The third-order valence-electron chi connectivity index (χ3n) is 2.46. The van der Waals surface area contributed by atoms with E-state index in [0.29, 0.717) is 0 Å². The van der Waals surface area contributed by atoms with Gasteiger partial charge in [-0.05, 0) is 55.3 Å². The first-order valence-corrected chi connectivity index (χ1v) is 7.84. The van der Waals surface area contributed by atoms with Crippen molar-refractivity contribution >= 4 is 23.1 Å². The highest BCUT2D eigenvalue weighted by Crippen LogP contribution is 2.14. The number of nitrogens with one attached hydrogen (secondary N) is 1. The van der Waals surface area contributed by atoms with Crippen LogP contribution in [0.5, 0.6) is 0 Å². The lowest BCUT2D eigenvalue weighted by Gasteiger charge is -2.03. The van der Waals surface area contributed by atoms with Crippen molar-refractivity contribution in [2.45, 2.75) is 32.7 Å². The third kappa shape index (κ3) is 5.59. The van der Waals surface area contributed by atoms with Gasteiger partial charge in [0, 0.05) is 11.4 Å². The van der Waals surface area contributed by atoms with E-state index in [2.05, 4.69) is 29.9 Å². The van der Waals surface area contributed by atoms with Crippen molar-refractivity contribution in [2.75, 3.05) is 18.6 Å². The van der Waals surface area contributed by atoms with E-state index in [4.69, 9.17) is 0 Å². The van der Waals surface area contributed by atoms with Gasteiger partial charge in [-0.2, -0.15) is 11.8 Å². The molecule has 0 fully saturated rings. The van der Waals surface area contributed by atoms with Crippen LogP contribution in [-0.2, 0) is 6.54 Å². The molecule has 0 saturated heterocycles. The Morgan fingerprint density at radius 3 is 2.87 bits per heavy atom. The molecule has 0 radical (unpaired) electrons. The zero-order chi connectivity index (χ0) is 10.9. The molecule has 0 aliphatic carbocycles. The molecule has 0 aliphatic heterocycles. The smallest absolute Gasteiger partial charge is 0.0302 e. The van der Waals surface area contributed by atoms with Crippen molar-refractivity contribution in [3.63, 3.8) is 0 Å². The van der Waals surface area contributed by atoms with Crippen molar-refractivity contribution < 1.29 is 0 Å². The van der Waals surface area contributed by atoms with E-state index in [-0.39, 0.29) is 0 Å². The van der Waals surface area contributed by atoms with Crippen LogP contribution in [0.1, 0.15) is 29.7 Å². The highest BCUT2D eigenvalue weighted by Gasteiger charge is 1.97. The lowest BCUT2D eigenvalue weighted by Crippen LogP contribution is -2.14. The molecule has 15 heavy (non-hydrogen) atoms. The number of hydrogen-bond acceptors (Lipinski definition) is 3. The molecule has 0 bridgehead atoms. The topological polar surface area (TPSA) is 12.0 Å². The Labute approximate surface area is 102 Å². The largest absolute Gasteiger partial charge is 0.312 e. The van der Waals surface area contributed by atoms with E-state index in [1.54, 1.807) is 0 Å². The van der Waals surface area contributed by atoms with E-state index < -0.39 is 0 Å². The monoisotopic (exact) mass is 243 g/mol. The summed E-state index contributed by atoms with van der Waals surface area (Å²) in [7, 11) is 0. The van der Waals surface area contributed by atoms with E-state index in [0.717, 1.165) is 13.1 Å². The van der Waals surface area contributed by atoms with Gasteiger partial charge in [0.25, 0.3) is 0 Å². The van der Waals surface area contributed by atoms with Crippen molar-refractivity contribution in [3.05, 3.63) is 21.9 Å². The Bertz CT molecular complexity index is 258. The maximum atomic E-state index is 3.51. The average Bonchev–Trinajstić information content (AvgIpc) is 2.63. The predicted molar refractivity (Wildman–Crippen MR) is 73.0 cm³/mol. The lowest BCUT2D eigenvalue weighted by atomic mass is 10.2. The molecule has 0 aliphatic rings. The minimum Gasteiger partial charge on any atom is -0.312 e. The summed E-state index contributed by atoms with van der Waals surface area (Å²) >= 11 is 3.80. The molecule has 1 rings (SSSR count). The number of aryl methyl sites for hydroxylation is 1. The molecule has 0 spiro atoms. The molecule has 1 aromatic rings. The number of unbranched alkanes of at least 4 members (excludes halogenated alkanes) is 2. The van der Waals surface area contributed by atoms with E-state index >= 15 is 0 Å². The molecular formula is C12H21NS2. The van der Waals surface area contributed by atoms with Crippen LogP contribution in [0.15, 0.2) is 11.4 Å². The van der Waals surface area contributed by atoms with E-state index in [1.165, 1.54) is 35.5 Å². The van der Waals surface area contributed by atoms with Crippen LogP contribution >= 0.6 is 23.1 Å². The number of rotatable bonds is 8. The highest BCUT2D eigenvalue weighted by atomic mass is 32.2. The molecule has 3 heteroatoms. The van der Waals surface area contributed by atoms with Crippen LogP contribution in [0, 0.1) is 6.92 Å². The Balaban J connectivity index is 1.96. The minimum absolute atomic E-state index is 1.05. The fourth-order valence-corrected chi connectivity index (χ4v) is 2.83. The first-order valence-electron chi connectivity index (χ1n) is 5.57. The Kier molecular flexibility index (Phi) is 7.14. The van der Waals surface area contributed by atoms with Crippen molar-refractivity contribution in [2.24, 2.45) is 0 Å². The van der Waals surface area contributed by atoms with Gasteiger partial charge >= 0.3 is 0 Å². The van der Waals surface area contributed by atoms with Crippen LogP contribution in [0.3, 0.4) is 0 Å². The maximum Gasteiger partial charge on any atom is 0.0302 e. The summed E-state index contributed by atoms with van der Waals surface area (Å²) in [6.07, 6.45) is 6.21. The van der Waals surface area contributed by atoms with Gasteiger partial charge in [0.05, 0.1) is 0 Å². The van der Waals surface area contributed by atoms with Crippen LogP contribution in [-0.4, -0.2) is 18.6 Å². The molecule has 1 heterocycles. The van der Waals surface area contributed by atoms with Crippen molar-refractivity contribution in [1.82, 2.24) is 5.32 Å². The van der Waals surface area contributed by atoms with Gasteiger partial charge in [0.2, 0.25) is 0 Å². The molecule has 0 atom stereocenters. The Morgan fingerprint density at radius 2 is 2.20 bits per heavy atom. The Morgan fingerprint density at radius 1 is 1.33 bits per heavy atom. The summed E-state index contributed by atoms with van der Waals surface area (Å²) in [6.45, 7) is 4.39. The highest BCUT2D eigenvalue weighted by molar-refractivity contribution is 7.98. The lowest BCUT2D eigenvalue weighted by molar-refractivity contribution is 0.621. The second-order valence-corrected chi connectivity index (χ2v) is 5.74. The fraction of sp³-hybridized carbons (Fsp3) is 0.667. The average molecular weight is 243 g/mol. The maximum absolute atomic E-state index is 3.51. The summed E-state index contributed by atoms with van der Waals surface area (Å²) in [5.41, 5.74) is 1.43. The third-order valence-corrected chi connectivity index (χ3v) is 4.18. The second-order valence-electron chi connectivity index (χ2n) is 3.76. The van der Waals surface area contributed by atoms with E-state index in [9.17, 15) is 0 Å². The van der Waals surface area contributed by atoms with E-state index in [1.807, 2.05) is 23.1 Å². The summed E-state index contributed by atoms with van der Waals surface area (Å²) in [5.74, 6) is 1.31. The predicted octanol–water partition coefficient (Wildman–Crippen LogP) is 3.68. The molecule has 0 amide bonds. The normalized spacial score (nSPS) is 10.8. The molecule has 1 nitrogen and oxygen atoms in total. The summed E-state index contributed by atoms with van der Waals surface area (Å²) in [4.78, 5) is 1.49. The van der Waals surface area contributed by atoms with Crippen LogP contribution in [0.2, 0.25) is 0 Å². The first kappa shape index (κ1) is 13.1. The number of thioether (sulfide) groups is 1. The summed E-state index contributed by atoms with van der Waals surface area (Å²) in [5, 5.41) is 5.68. The fourth-order valence-electron chi connectivity index (χ4n) is 1.46. The van der Waals surface area contributed by atoms with Gasteiger partial charge in [-0.15, -0.1) is 11.3 Å². The zero-order valence-electron chi connectivity index (χ0n) is 9.71. The van der Waals surface area contributed by atoms with Gasteiger partial charge in [-0.25, -0.2) is 0 Å². The van der Waals surface area contributed by atoms with Gasteiger partial charge < -0.3 is 5.32 Å².